The van der Waals surface area contributed by atoms with E-state index >= 15 is 0 Å². The molecule has 20 heavy (non-hydrogen) atoms. The highest BCUT2D eigenvalue weighted by Gasteiger charge is 2.17. The van der Waals surface area contributed by atoms with E-state index in [9.17, 15) is 14.9 Å². The molecule has 0 spiro atoms. The van der Waals surface area contributed by atoms with Crippen LogP contribution >= 0.6 is 11.6 Å². The predicted molar refractivity (Wildman–Crippen MR) is 74.0 cm³/mol. The maximum absolute atomic E-state index is 12.0. The minimum atomic E-state index is -0.600. The van der Waals surface area contributed by atoms with Crippen molar-refractivity contribution in [2.75, 3.05) is 5.32 Å². The monoisotopic (exact) mass is 294 g/mol. The van der Waals surface area contributed by atoms with Crippen molar-refractivity contribution in [3.8, 4) is 0 Å². The van der Waals surface area contributed by atoms with Gasteiger partial charge in [0.1, 0.15) is 5.69 Å². The summed E-state index contributed by atoms with van der Waals surface area (Å²) in [7, 11) is 0. The van der Waals surface area contributed by atoms with Crippen LogP contribution in [-0.2, 0) is 6.54 Å². The molecule has 0 unspecified atom stereocenters. The molecule has 0 saturated carbocycles. The van der Waals surface area contributed by atoms with E-state index in [-0.39, 0.29) is 16.4 Å². The van der Waals surface area contributed by atoms with Gasteiger partial charge in [-0.1, -0.05) is 11.6 Å². The molecule has 0 bridgehead atoms. The minimum absolute atomic E-state index is 0.0913. The summed E-state index contributed by atoms with van der Waals surface area (Å²) >= 11 is 5.71. The number of aromatic nitrogens is 2. The minimum Gasteiger partial charge on any atom is -0.316 e. The largest absolute Gasteiger partial charge is 0.316 e. The van der Waals surface area contributed by atoms with Crippen molar-refractivity contribution in [1.82, 2.24) is 9.78 Å². The van der Waals surface area contributed by atoms with Crippen LogP contribution in [0.25, 0.3) is 0 Å². The first-order valence-electron chi connectivity index (χ1n) is 5.79. The Kier molecular flexibility index (Phi) is 3.99. The van der Waals surface area contributed by atoms with Gasteiger partial charge in [0.2, 0.25) is 0 Å². The van der Waals surface area contributed by atoms with Crippen molar-refractivity contribution in [1.29, 1.82) is 0 Å². The number of amides is 1. The first-order chi connectivity index (χ1) is 9.51. The number of halogens is 1. The second-order valence-corrected chi connectivity index (χ2v) is 4.39. The maximum Gasteiger partial charge on any atom is 0.294 e. The lowest BCUT2D eigenvalue weighted by molar-refractivity contribution is -0.383. The van der Waals surface area contributed by atoms with Crippen molar-refractivity contribution < 1.29 is 9.72 Å². The Morgan fingerprint density at radius 1 is 1.55 bits per heavy atom. The molecule has 0 aliphatic rings. The van der Waals surface area contributed by atoms with Gasteiger partial charge < -0.3 is 5.32 Å². The van der Waals surface area contributed by atoms with Crippen LogP contribution in [0.3, 0.4) is 0 Å². The second kappa shape index (κ2) is 5.70. The summed E-state index contributed by atoms with van der Waals surface area (Å²) in [5.74, 6) is -0.463. The smallest absolute Gasteiger partial charge is 0.294 e. The molecule has 1 aromatic carbocycles. The van der Waals surface area contributed by atoms with Crippen molar-refractivity contribution in [2.24, 2.45) is 0 Å². The molecule has 0 saturated heterocycles. The van der Waals surface area contributed by atoms with E-state index in [2.05, 4.69) is 10.4 Å². The molecule has 1 heterocycles. The van der Waals surface area contributed by atoms with Gasteiger partial charge in [-0.05, 0) is 19.1 Å². The van der Waals surface area contributed by atoms with E-state index in [1.54, 1.807) is 10.9 Å². The highest BCUT2D eigenvalue weighted by atomic mass is 35.5. The fourth-order valence-electron chi connectivity index (χ4n) is 1.61. The van der Waals surface area contributed by atoms with Crippen LogP contribution in [0.15, 0.2) is 30.6 Å². The van der Waals surface area contributed by atoms with E-state index in [0.717, 1.165) is 0 Å². The number of nitrogens with zero attached hydrogens (tertiary/aromatic N) is 3. The van der Waals surface area contributed by atoms with Gasteiger partial charge in [-0.3, -0.25) is 19.6 Å². The van der Waals surface area contributed by atoms with Crippen LogP contribution in [0.4, 0.5) is 11.4 Å². The highest BCUT2D eigenvalue weighted by molar-refractivity contribution is 6.31. The first-order valence-corrected chi connectivity index (χ1v) is 6.16. The van der Waals surface area contributed by atoms with Gasteiger partial charge in [0.25, 0.3) is 11.6 Å². The maximum atomic E-state index is 12.0. The number of aryl methyl sites for hydroxylation is 1. The fraction of sp³-hybridized carbons (Fsp3) is 0.167. The third kappa shape index (κ3) is 2.94. The SMILES string of the molecule is CCn1cc(C(=O)Nc2ccc(Cl)cc2[N+](=O)[O-])cn1. The Morgan fingerprint density at radius 2 is 2.30 bits per heavy atom. The summed E-state index contributed by atoms with van der Waals surface area (Å²) in [5, 5.41) is 17.6. The average Bonchev–Trinajstić information content (AvgIpc) is 2.89. The van der Waals surface area contributed by atoms with Crippen molar-refractivity contribution in [3.63, 3.8) is 0 Å². The number of hydrogen-bond donors (Lipinski definition) is 1. The van der Waals surface area contributed by atoms with Crippen LogP contribution in [0, 0.1) is 10.1 Å². The summed E-state index contributed by atoms with van der Waals surface area (Å²) in [6.07, 6.45) is 2.97. The van der Waals surface area contributed by atoms with E-state index in [1.807, 2.05) is 6.92 Å². The van der Waals surface area contributed by atoms with Gasteiger partial charge in [0, 0.05) is 23.8 Å². The molecule has 0 fully saturated rings. The quantitative estimate of drug-likeness (QED) is 0.693. The normalized spacial score (nSPS) is 10.3. The molecular weight excluding hydrogens is 284 g/mol. The average molecular weight is 295 g/mol. The van der Waals surface area contributed by atoms with Crippen LogP contribution in [-0.4, -0.2) is 20.6 Å². The topological polar surface area (TPSA) is 90.1 Å². The molecule has 0 aliphatic carbocycles. The van der Waals surface area contributed by atoms with Gasteiger partial charge in [0.05, 0.1) is 16.7 Å². The number of carbonyl (C=O) groups excluding carboxylic acids is 1. The summed E-state index contributed by atoms with van der Waals surface area (Å²) in [6.45, 7) is 2.52. The van der Waals surface area contributed by atoms with Crippen molar-refractivity contribution in [2.45, 2.75) is 13.5 Å². The predicted octanol–water partition coefficient (Wildman–Crippen LogP) is 2.72. The van der Waals surface area contributed by atoms with Crippen LogP contribution in [0.2, 0.25) is 5.02 Å². The number of nitro benzene ring substituents is 1. The van der Waals surface area contributed by atoms with Gasteiger partial charge in [-0.15, -0.1) is 0 Å². The second-order valence-electron chi connectivity index (χ2n) is 3.96. The number of anilines is 1. The lowest BCUT2D eigenvalue weighted by Crippen LogP contribution is -2.12. The molecule has 1 amide bonds. The molecule has 0 radical (unpaired) electrons. The number of carbonyl (C=O) groups is 1. The Morgan fingerprint density at radius 3 is 2.90 bits per heavy atom. The summed E-state index contributed by atoms with van der Waals surface area (Å²) < 4.78 is 1.59. The number of rotatable bonds is 4. The standard InChI is InChI=1S/C12H11ClN4O3/c1-2-16-7-8(6-14-16)12(18)15-10-4-3-9(13)5-11(10)17(19)20/h3-7H,2H2,1H3,(H,15,18). The third-order valence-electron chi connectivity index (χ3n) is 2.62. The molecular formula is C12H11ClN4O3. The molecule has 8 heteroatoms. The van der Waals surface area contributed by atoms with E-state index in [0.29, 0.717) is 12.1 Å². The molecule has 2 rings (SSSR count). The van der Waals surface area contributed by atoms with Crippen LogP contribution < -0.4 is 5.32 Å². The van der Waals surface area contributed by atoms with E-state index in [1.165, 1.54) is 24.4 Å². The number of nitro groups is 1. The zero-order valence-corrected chi connectivity index (χ0v) is 11.3. The Balaban J connectivity index is 2.25. The highest BCUT2D eigenvalue weighted by Crippen LogP contribution is 2.28. The zero-order chi connectivity index (χ0) is 14.7. The Bertz CT molecular complexity index is 668. The van der Waals surface area contributed by atoms with Crippen LogP contribution in [0.5, 0.6) is 0 Å². The summed E-state index contributed by atoms with van der Waals surface area (Å²) in [5.41, 5.74) is 0.165. The summed E-state index contributed by atoms with van der Waals surface area (Å²) in [4.78, 5) is 22.3. The lowest BCUT2D eigenvalue weighted by atomic mass is 10.2. The van der Waals surface area contributed by atoms with Gasteiger partial charge in [0.15, 0.2) is 0 Å². The molecule has 1 N–H and O–H groups in total. The molecule has 0 atom stereocenters. The third-order valence-corrected chi connectivity index (χ3v) is 2.86. The lowest BCUT2D eigenvalue weighted by Gasteiger charge is -2.04. The molecule has 2 aromatic rings. The Hall–Kier alpha value is -2.41. The van der Waals surface area contributed by atoms with Crippen molar-refractivity contribution >= 4 is 28.9 Å². The number of hydrogen-bond acceptors (Lipinski definition) is 4. The molecule has 0 aliphatic heterocycles. The first kappa shape index (κ1) is 14.0. The number of nitrogens with one attached hydrogen (secondary N) is 1. The van der Waals surface area contributed by atoms with E-state index in [4.69, 9.17) is 11.6 Å². The zero-order valence-electron chi connectivity index (χ0n) is 10.5. The number of benzene rings is 1. The van der Waals surface area contributed by atoms with Gasteiger partial charge in [-0.2, -0.15) is 5.10 Å². The van der Waals surface area contributed by atoms with Gasteiger partial charge >= 0.3 is 0 Å². The van der Waals surface area contributed by atoms with Crippen molar-refractivity contribution in [3.05, 3.63) is 51.3 Å². The molecule has 1 aromatic heterocycles. The summed E-state index contributed by atoms with van der Waals surface area (Å²) in [6, 6.07) is 4.05. The van der Waals surface area contributed by atoms with Gasteiger partial charge in [-0.25, -0.2) is 0 Å². The Labute approximate surface area is 119 Å². The molecule has 7 nitrogen and oxygen atoms in total. The molecule has 104 valence electrons. The van der Waals surface area contributed by atoms with Crippen LogP contribution in [0.1, 0.15) is 17.3 Å². The fourth-order valence-corrected chi connectivity index (χ4v) is 1.78. The van der Waals surface area contributed by atoms with E-state index < -0.39 is 10.8 Å².